The molecule has 0 aromatic rings. The van der Waals surface area contributed by atoms with Crippen LogP contribution in [0.2, 0.25) is 0 Å². The van der Waals surface area contributed by atoms with Crippen LogP contribution < -0.4 is 0 Å². The van der Waals surface area contributed by atoms with Crippen LogP contribution in [0.15, 0.2) is 0 Å². The molecule has 53 heavy (non-hydrogen) atoms. The summed E-state index contributed by atoms with van der Waals surface area (Å²) in [4.78, 5) is 30.2. The minimum atomic E-state index is -0.454. The molecule has 4 atom stereocenters. The highest BCUT2D eigenvalue weighted by Gasteiger charge is 2.57. The van der Waals surface area contributed by atoms with Gasteiger partial charge in [0.15, 0.2) is 0 Å². The predicted molar refractivity (Wildman–Crippen MR) is 231 cm³/mol. The van der Waals surface area contributed by atoms with E-state index < -0.39 is 10.8 Å². The Morgan fingerprint density at radius 2 is 0.660 bits per heavy atom. The van der Waals surface area contributed by atoms with Gasteiger partial charge in [-0.25, -0.2) is 0 Å². The topological polar surface area (TPSA) is 43.4 Å². The SMILES string of the molecule is CCCCCCCCCCC1CC2(CCCCCCCCCC)COCC(CCCCCCCCCC)(CC(CCCCCCCCCC)C1=O)C2=O. The molecule has 312 valence electrons. The molecular weight excluding hydrogens is 649 g/mol. The van der Waals surface area contributed by atoms with E-state index >= 15 is 4.79 Å². The fraction of sp³-hybridized carbons (Fsp3) is 0.960. The van der Waals surface area contributed by atoms with Crippen LogP contribution in [0.1, 0.15) is 272 Å². The first-order chi connectivity index (χ1) is 26.0. The largest absolute Gasteiger partial charge is 0.379 e. The number of Topliss-reactive ketones (excluding diaryl/α,β-unsaturated/α-hetero) is 2. The number of fused-ring (bicyclic) bond motifs is 2. The third kappa shape index (κ3) is 19.8. The quantitative estimate of drug-likeness (QED) is 0.0600. The first-order valence-corrected chi connectivity index (χ1v) is 24.6. The Labute approximate surface area is 332 Å². The maximum Gasteiger partial charge on any atom is 0.149 e. The van der Waals surface area contributed by atoms with E-state index in [0.29, 0.717) is 24.8 Å². The van der Waals surface area contributed by atoms with Gasteiger partial charge >= 0.3 is 0 Å². The van der Waals surface area contributed by atoms with E-state index in [4.69, 9.17) is 4.74 Å². The lowest BCUT2D eigenvalue weighted by molar-refractivity contribution is -0.171. The second kappa shape index (κ2) is 31.4. The highest BCUT2D eigenvalue weighted by Crippen LogP contribution is 2.52. The van der Waals surface area contributed by atoms with Gasteiger partial charge in [-0.05, 0) is 38.5 Å². The lowest BCUT2D eigenvalue weighted by Gasteiger charge is -2.51. The summed E-state index contributed by atoms with van der Waals surface area (Å²) >= 11 is 0. The molecule has 1 aliphatic carbocycles. The molecule has 0 radical (unpaired) electrons. The summed E-state index contributed by atoms with van der Waals surface area (Å²) in [5.74, 6) is 1.16. The molecule has 0 aromatic heterocycles. The van der Waals surface area contributed by atoms with Crippen molar-refractivity contribution in [3.63, 3.8) is 0 Å². The summed E-state index contributed by atoms with van der Waals surface area (Å²) in [6.45, 7) is 10.3. The number of ketones is 2. The van der Waals surface area contributed by atoms with Gasteiger partial charge in [-0.2, -0.15) is 0 Å². The van der Waals surface area contributed by atoms with E-state index in [-0.39, 0.29) is 11.8 Å². The van der Waals surface area contributed by atoms with E-state index in [9.17, 15) is 4.79 Å². The van der Waals surface area contributed by atoms with Crippen LogP contribution >= 0.6 is 0 Å². The second-order valence-electron chi connectivity index (χ2n) is 18.6. The maximum absolute atomic E-state index is 15.3. The summed E-state index contributed by atoms with van der Waals surface area (Å²) in [7, 11) is 0. The third-order valence-corrected chi connectivity index (χ3v) is 13.6. The van der Waals surface area contributed by atoms with Crippen molar-refractivity contribution in [2.45, 2.75) is 272 Å². The van der Waals surface area contributed by atoms with Crippen LogP contribution in [0.4, 0.5) is 0 Å². The standard InChI is InChI=1S/C50H94O3/c1-5-9-13-17-21-25-29-33-37-45-41-49(39-35-31-27-23-19-15-11-7-3)43-53-44-50(48(49)52,40-36-32-28-24-20-16-12-8-4)42-46(47(45)51)38-34-30-26-22-18-14-10-6-2/h45-46H,5-44H2,1-4H3. The normalized spacial score (nSPS) is 23.4. The van der Waals surface area contributed by atoms with Crippen molar-refractivity contribution in [1.82, 2.24) is 0 Å². The van der Waals surface area contributed by atoms with E-state index in [0.717, 1.165) is 64.2 Å². The minimum absolute atomic E-state index is 0.0370. The molecular formula is C50H94O3. The fourth-order valence-corrected chi connectivity index (χ4v) is 10.2. The van der Waals surface area contributed by atoms with Crippen molar-refractivity contribution in [2.24, 2.45) is 22.7 Å². The number of unbranched alkanes of at least 4 members (excludes halogenated alkanes) is 28. The molecule has 0 N–H and O–H groups in total. The van der Waals surface area contributed by atoms with Gasteiger partial charge < -0.3 is 4.74 Å². The van der Waals surface area contributed by atoms with Gasteiger partial charge in [-0.15, -0.1) is 0 Å². The molecule has 1 saturated heterocycles. The highest BCUT2D eigenvalue weighted by molar-refractivity contribution is 5.94. The van der Waals surface area contributed by atoms with Crippen LogP contribution in [0.25, 0.3) is 0 Å². The Bertz CT molecular complexity index is 816. The monoisotopic (exact) mass is 743 g/mol. The third-order valence-electron chi connectivity index (χ3n) is 13.6. The van der Waals surface area contributed by atoms with Crippen molar-refractivity contribution in [3.8, 4) is 0 Å². The molecule has 0 spiro atoms. The van der Waals surface area contributed by atoms with Crippen LogP contribution in [0.3, 0.4) is 0 Å². The Kier molecular flexibility index (Phi) is 28.7. The molecule has 2 aliphatic rings. The molecule has 1 heterocycles. The van der Waals surface area contributed by atoms with Gasteiger partial charge in [0.1, 0.15) is 11.6 Å². The molecule has 0 amide bonds. The molecule has 3 heteroatoms. The van der Waals surface area contributed by atoms with Gasteiger partial charge in [0.2, 0.25) is 0 Å². The molecule has 2 fully saturated rings. The number of ether oxygens (including phenoxy) is 1. The smallest absolute Gasteiger partial charge is 0.149 e. The fourth-order valence-electron chi connectivity index (χ4n) is 10.2. The summed E-state index contributed by atoms with van der Waals surface area (Å²) in [5.41, 5.74) is -0.908. The summed E-state index contributed by atoms with van der Waals surface area (Å²) in [5, 5.41) is 0. The number of rotatable bonds is 36. The molecule has 0 aromatic carbocycles. The molecule has 4 unspecified atom stereocenters. The van der Waals surface area contributed by atoms with Gasteiger partial charge in [-0.1, -0.05) is 233 Å². The first kappa shape index (κ1) is 48.4. The zero-order chi connectivity index (χ0) is 38.3. The second-order valence-corrected chi connectivity index (χ2v) is 18.6. The van der Waals surface area contributed by atoms with Gasteiger partial charge in [0.05, 0.1) is 24.0 Å². The minimum Gasteiger partial charge on any atom is -0.379 e. The highest BCUT2D eigenvalue weighted by atomic mass is 16.5. The summed E-state index contributed by atoms with van der Waals surface area (Å²) in [6.07, 6.45) is 46.6. The average molecular weight is 743 g/mol. The summed E-state index contributed by atoms with van der Waals surface area (Å²) in [6, 6.07) is 0. The van der Waals surface area contributed by atoms with E-state index in [1.54, 1.807) is 0 Å². The number of carbonyl (C=O) groups excluding carboxylic acids is 2. The molecule has 1 saturated carbocycles. The predicted octanol–water partition coefficient (Wildman–Crippen LogP) is 16.3. The molecule has 2 rings (SSSR count). The Balaban J connectivity index is 2.19. The zero-order valence-electron chi connectivity index (χ0n) is 36.7. The Morgan fingerprint density at radius 3 is 0.962 bits per heavy atom. The molecule has 1 aliphatic heterocycles. The Morgan fingerprint density at radius 1 is 0.396 bits per heavy atom. The van der Waals surface area contributed by atoms with Crippen molar-refractivity contribution in [3.05, 3.63) is 0 Å². The van der Waals surface area contributed by atoms with Crippen LogP contribution in [0, 0.1) is 22.7 Å². The lowest BCUT2D eigenvalue weighted by atomic mass is 9.55. The lowest BCUT2D eigenvalue weighted by Crippen LogP contribution is -2.57. The van der Waals surface area contributed by atoms with Gasteiger partial charge in [0.25, 0.3) is 0 Å². The van der Waals surface area contributed by atoms with E-state index in [1.165, 1.54) is 180 Å². The van der Waals surface area contributed by atoms with Gasteiger partial charge in [0, 0.05) is 11.8 Å². The number of carbonyl (C=O) groups is 2. The number of hydrogen-bond donors (Lipinski definition) is 0. The zero-order valence-corrected chi connectivity index (χ0v) is 36.7. The maximum atomic E-state index is 15.3. The Hall–Kier alpha value is -0.700. The van der Waals surface area contributed by atoms with Crippen LogP contribution in [-0.2, 0) is 14.3 Å². The molecule has 2 bridgehead atoms. The van der Waals surface area contributed by atoms with Crippen molar-refractivity contribution in [2.75, 3.05) is 13.2 Å². The number of hydrogen-bond acceptors (Lipinski definition) is 3. The van der Waals surface area contributed by atoms with Crippen molar-refractivity contribution < 1.29 is 14.3 Å². The summed E-state index contributed by atoms with van der Waals surface area (Å²) < 4.78 is 6.67. The van der Waals surface area contributed by atoms with Gasteiger partial charge in [-0.3, -0.25) is 9.59 Å². The average Bonchev–Trinajstić information content (AvgIpc) is 3.16. The van der Waals surface area contributed by atoms with Crippen molar-refractivity contribution >= 4 is 11.6 Å². The van der Waals surface area contributed by atoms with Crippen molar-refractivity contribution in [1.29, 1.82) is 0 Å². The van der Waals surface area contributed by atoms with Crippen LogP contribution in [0.5, 0.6) is 0 Å². The van der Waals surface area contributed by atoms with E-state index in [1.807, 2.05) is 0 Å². The van der Waals surface area contributed by atoms with Crippen LogP contribution in [-0.4, -0.2) is 24.8 Å². The van der Waals surface area contributed by atoms with E-state index in [2.05, 4.69) is 27.7 Å². The first-order valence-electron chi connectivity index (χ1n) is 24.6. The molecule has 3 nitrogen and oxygen atoms in total.